The van der Waals surface area contributed by atoms with Gasteiger partial charge < -0.3 is 15.2 Å². The number of aliphatic hydroxyl groups is 1. The Balaban J connectivity index is 0.000000132. The zero-order valence-electron chi connectivity index (χ0n) is 8.30. The molecule has 3 heteroatoms. The normalized spacial score (nSPS) is 24.7. The van der Waals surface area contributed by atoms with Gasteiger partial charge in [-0.3, -0.25) is 0 Å². The average Bonchev–Trinajstić information content (AvgIpc) is 2.22. The fourth-order valence-electron chi connectivity index (χ4n) is 1.60. The number of nitrogens with one attached hydrogen (secondary N) is 1. The third-order valence-electron chi connectivity index (χ3n) is 2.42. The third kappa shape index (κ3) is 6.02. The first-order chi connectivity index (χ1) is 6.39. The summed E-state index contributed by atoms with van der Waals surface area (Å²) in [5.41, 5.74) is 0. The fourth-order valence-corrected chi connectivity index (χ4v) is 1.60. The minimum absolute atomic E-state index is 0.0359. The number of aliphatic hydroxyl groups excluding tert-OH is 1. The van der Waals surface area contributed by atoms with E-state index in [2.05, 4.69) is 5.32 Å². The van der Waals surface area contributed by atoms with Gasteiger partial charge in [-0.2, -0.15) is 0 Å². The van der Waals surface area contributed by atoms with Crippen LogP contribution in [0.15, 0.2) is 0 Å². The Bertz CT molecular complexity index is 98.0. The molecule has 2 fully saturated rings. The number of morpholine rings is 1. The van der Waals surface area contributed by atoms with E-state index in [0.717, 1.165) is 39.1 Å². The van der Waals surface area contributed by atoms with E-state index in [1.54, 1.807) is 0 Å². The molecule has 1 heterocycles. The van der Waals surface area contributed by atoms with E-state index >= 15 is 0 Å². The summed E-state index contributed by atoms with van der Waals surface area (Å²) in [4.78, 5) is 0. The second kappa shape index (κ2) is 7.30. The number of ether oxygens (including phenoxy) is 1. The summed E-state index contributed by atoms with van der Waals surface area (Å²) < 4.78 is 5.01. The van der Waals surface area contributed by atoms with Crippen molar-refractivity contribution in [1.29, 1.82) is 0 Å². The molecule has 0 amide bonds. The maximum Gasteiger partial charge on any atom is 0.0591 e. The molecule has 0 unspecified atom stereocenters. The Labute approximate surface area is 80.5 Å². The zero-order valence-corrected chi connectivity index (χ0v) is 8.30. The molecule has 1 aliphatic carbocycles. The molecule has 1 saturated heterocycles. The molecule has 0 radical (unpaired) electrons. The highest BCUT2D eigenvalue weighted by Gasteiger charge is 2.07. The molecule has 1 aliphatic heterocycles. The van der Waals surface area contributed by atoms with Crippen LogP contribution in [0.25, 0.3) is 0 Å². The Morgan fingerprint density at radius 2 is 1.62 bits per heavy atom. The van der Waals surface area contributed by atoms with E-state index in [4.69, 9.17) is 9.84 Å². The lowest BCUT2D eigenvalue weighted by Gasteiger charge is -2.14. The van der Waals surface area contributed by atoms with Gasteiger partial charge in [-0.25, -0.2) is 0 Å². The predicted octanol–water partition coefficient (Wildman–Crippen LogP) is 0.918. The van der Waals surface area contributed by atoms with Gasteiger partial charge in [0.05, 0.1) is 19.3 Å². The molecule has 0 spiro atoms. The Hall–Kier alpha value is -0.120. The van der Waals surface area contributed by atoms with Gasteiger partial charge in [-0.05, 0) is 12.8 Å². The highest BCUT2D eigenvalue weighted by atomic mass is 16.5. The summed E-state index contributed by atoms with van der Waals surface area (Å²) in [6, 6.07) is 0. The minimum Gasteiger partial charge on any atom is -0.393 e. The molecule has 13 heavy (non-hydrogen) atoms. The van der Waals surface area contributed by atoms with E-state index in [0.29, 0.717) is 0 Å². The summed E-state index contributed by atoms with van der Waals surface area (Å²) >= 11 is 0. The van der Waals surface area contributed by atoms with Crippen LogP contribution >= 0.6 is 0 Å². The van der Waals surface area contributed by atoms with Crippen LogP contribution in [0.5, 0.6) is 0 Å². The van der Waals surface area contributed by atoms with Gasteiger partial charge in [-0.1, -0.05) is 19.3 Å². The second-order valence-corrected chi connectivity index (χ2v) is 3.65. The molecule has 2 rings (SSSR count). The van der Waals surface area contributed by atoms with Crippen molar-refractivity contribution in [3.05, 3.63) is 0 Å². The number of rotatable bonds is 0. The molecule has 3 nitrogen and oxygen atoms in total. The van der Waals surface area contributed by atoms with Gasteiger partial charge in [0.1, 0.15) is 0 Å². The van der Waals surface area contributed by atoms with Crippen molar-refractivity contribution in [2.24, 2.45) is 0 Å². The number of hydrogen-bond acceptors (Lipinski definition) is 3. The Morgan fingerprint density at radius 1 is 1.00 bits per heavy atom. The molecule has 1 saturated carbocycles. The van der Waals surface area contributed by atoms with Crippen LogP contribution in [0.3, 0.4) is 0 Å². The summed E-state index contributed by atoms with van der Waals surface area (Å²) in [5, 5.41) is 12.1. The molecule has 0 atom stereocenters. The molecule has 78 valence electrons. The first-order valence-corrected chi connectivity index (χ1v) is 5.36. The lowest BCUT2D eigenvalue weighted by Crippen LogP contribution is -2.30. The average molecular weight is 187 g/mol. The summed E-state index contributed by atoms with van der Waals surface area (Å²) in [6.45, 7) is 3.83. The van der Waals surface area contributed by atoms with E-state index in [9.17, 15) is 0 Å². The van der Waals surface area contributed by atoms with E-state index in [-0.39, 0.29) is 6.10 Å². The molecule has 0 bridgehead atoms. The Morgan fingerprint density at radius 3 is 1.85 bits per heavy atom. The van der Waals surface area contributed by atoms with Gasteiger partial charge in [0.25, 0.3) is 0 Å². The smallest absolute Gasteiger partial charge is 0.0591 e. The quantitative estimate of drug-likeness (QED) is 0.592. The largest absolute Gasteiger partial charge is 0.393 e. The van der Waals surface area contributed by atoms with Crippen molar-refractivity contribution in [2.75, 3.05) is 26.3 Å². The van der Waals surface area contributed by atoms with E-state index < -0.39 is 0 Å². The zero-order chi connectivity index (χ0) is 9.36. The van der Waals surface area contributed by atoms with Crippen LogP contribution in [0.1, 0.15) is 32.1 Å². The fraction of sp³-hybridized carbons (Fsp3) is 1.00. The van der Waals surface area contributed by atoms with Crippen molar-refractivity contribution in [3.63, 3.8) is 0 Å². The van der Waals surface area contributed by atoms with Gasteiger partial charge in [0.2, 0.25) is 0 Å². The molecule has 2 aliphatic rings. The van der Waals surface area contributed by atoms with Crippen molar-refractivity contribution in [2.45, 2.75) is 38.2 Å². The van der Waals surface area contributed by atoms with Crippen LogP contribution < -0.4 is 5.32 Å². The highest BCUT2D eigenvalue weighted by molar-refractivity contribution is 4.61. The summed E-state index contributed by atoms with van der Waals surface area (Å²) in [7, 11) is 0. The van der Waals surface area contributed by atoms with Crippen molar-refractivity contribution >= 4 is 0 Å². The lowest BCUT2D eigenvalue weighted by atomic mass is 9.98. The first kappa shape index (κ1) is 11.0. The van der Waals surface area contributed by atoms with E-state index in [1.807, 2.05) is 0 Å². The standard InChI is InChI=1S/C6H12O.C4H9NO/c7-6-4-2-1-3-5-6;1-3-6-4-2-5-1/h6-7H,1-5H2;5H,1-4H2. The molecule has 2 N–H and O–H groups in total. The minimum atomic E-state index is 0.0359. The number of hydrogen-bond donors (Lipinski definition) is 2. The molecular weight excluding hydrogens is 166 g/mol. The second-order valence-electron chi connectivity index (χ2n) is 3.65. The Kier molecular flexibility index (Phi) is 6.15. The van der Waals surface area contributed by atoms with Crippen molar-refractivity contribution < 1.29 is 9.84 Å². The van der Waals surface area contributed by atoms with Crippen LogP contribution in [0.2, 0.25) is 0 Å². The first-order valence-electron chi connectivity index (χ1n) is 5.36. The van der Waals surface area contributed by atoms with E-state index in [1.165, 1.54) is 19.3 Å². The van der Waals surface area contributed by atoms with Gasteiger partial charge >= 0.3 is 0 Å². The monoisotopic (exact) mass is 187 g/mol. The third-order valence-corrected chi connectivity index (χ3v) is 2.42. The molecular formula is C10H21NO2. The van der Waals surface area contributed by atoms with Crippen molar-refractivity contribution in [1.82, 2.24) is 5.32 Å². The lowest BCUT2D eigenvalue weighted by molar-refractivity contribution is 0.109. The maximum atomic E-state index is 8.91. The predicted molar refractivity (Wildman–Crippen MR) is 52.8 cm³/mol. The van der Waals surface area contributed by atoms with Crippen molar-refractivity contribution in [3.8, 4) is 0 Å². The maximum absolute atomic E-state index is 8.91. The highest BCUT2D eigenvalue weighted by Crippen LogP contribution is 2.16. The van der Waals surface area contributed by atoms with Gasteiger partial charge in [0, 0.05) is 13.1 Å². The molecule has 0 aromatic heterocycles. The van der Waals surface area contributed by atoms with Crippen LogP contribution in [0, 0.1) is 0 Å². The molecule has 0 aromatic rings. The summed E-state index contributed by atoms with van der Waals surface area (Å²) in [6.07, 6.45) is 5.92. The van der Waals surface area contributed by atoms with Crippen LogP contribution in [-0.2, 0) is 4.74 Å². The molecule has 0 aromatic carbocycles. The summed E-state index contributed by atoms with van der Waals surface area (Å²) in [5.74, 6) is 0. The van der Waals surface area contributed by atoms with Gasteiger partial charge in [-0.15, -0.1) is 0 Å². The van der Waals surface area contributed by atoms with Crippen LogP contribution in [0.4, 0.5) is 0 Å². The van der Waals surface area contributed by atoms with Crippen LogP contribution in [-0.4, -0.2) is 37.5 Å². The SMILES string of the molecule is C1COCCN1.OC1CCCCC1. The topological polar surface area (TPSA) is 41.5 Å². The van der Waals surface area contributed by atoms with Gasteiger partial charge in [0.15, 0.2) is 0 Å².